The second kappa shape index (κ2) is 7.78. The highest BCUT2D eigenvalue weighted by molar-refractivity contribution is 9.10. The van der Waals surface area contributed by atoms with Gasteiger partial charge in [0, 0.05) is 27.7 Å². The molecule has 6 heteroatoms. The van der Waals surface area contributed by atoms with Gasteiger partial charge in [0.15, 0.2) is 0 Å². The maximum atomic E-state index is 11.8. The molecule has 0 atom stereocenters. The van der Waals surface area contributed by atoms with Crippen molar-refractivity contribution < 1.29 is 14.7 Å². The second-order valence-electron chi connectivity index (χ2n) is 4.80. The number of carbonyl (C=O) groups is 2. The summed E-state index contributed by atoms with van der Waals surface area (Å²) in [5.74, 6) is -0.938. The third-order valence-corrected chi connectivity index (χ3v) is 5.41. The summed E-state index contributed by atoms with van der Waals surface area (Å²) in [6, 6.07) is 2.00. The summed E-state index contributed by atoms with van der Waals surface area (Å²) in [6.07, 6.45) is 2.09. The minimum Gasteiger partial charge on any atom is -0.481 e. The van der Waals surface area contributed by atoms with E-state index in [1.54, 1.807) is 11.3 Å². The number of amides is 1. The number of halogens is 1. The average Bonchev–Trinajstić information content (AvgIpc) is 2.83. The van der Waals surface area contributed by atoms with E-state index in [2.05, 4.69) is 21.2 Å². The molecule has 0 spiro atoms. The third kappa shape index (κ3) is 4.59. The van der Waals surface area contributed by atoms with Gasteiger partial charge in [-0.15, -0.1) is 11.3 Å². The summed E-state index contributed by atoms with van der Waals surface area (Å²) in [6.45, 7) is 3.88. The highest BCUT2D eigenvalue weighted by Gasteiger charge is 2.34. The van der Waals surface area contributed by atoms with Crippen LogP contribution in [-0.4, -0.2) is 23.5 Å². The maximum Gasteiger partial charge on any atom is 0.311 e. The number of hydrogen-bond donors (Lipinski definition) is 2. The molecule has 0 saturated carbocycles. The van der Waals surface area contributed by atoms with Crippen LogP contribution in [0.5, 0.6) is 0 Å². The van der Waals surface area contributed by atoms with E-state index in [4.69, 9.17) is 0 Å². The molecule has 0 unspecified atom stereocenters. The van der Waals surface area contributed by atoms with E-state index in [1.807, 2.05) is 25.3 Å². The first-order chi connectivity index (χ1) is 9.43. The summed E-state index contributed by atoms with van der Waals surface area (Å²) in [4.78, 5) is 24.3. The monoisotopic (exact) mass is 361 g/mol. The van der Waals surface area contributed by atoms with Crippen molar-refractivity contribution in [2.45, 2.75) is 39.5 Å². The van der Waals surface area contributed by atoms with Crippen molar-refractivity contribution in [3.63, 3.8) is 0 Å². The number of carbonyl (C=O) groups excluding carboxylic acids is 1. The van der Waals surface area contributed by atoms with Crippen molar-refractivity contribution >= 4 is 39.1 Å². The Kier molecular flexibility index (Phi) is 6.68. The van der Waals surface area contributed by atoms with E-state index in [9.17, 15) is 14.7 Å². The Morgan fingerprint density at radius 2 is 2.05 bits per heavy atom. The van der Waals surface area contributed by atoms with Gasteiger partial charge in [0.05, 0.1) is 5.41 Å². The molecule has 112 valence electrons. The van der Waals surface area contributed by atoms with Gasteiger partial charge >= 0.3 is 5.97 Å². The summed E-state index contributed by atoms with van der Waals surface area (Å²) in [7, 11) is 0. The Labute approximate surface area is 131 Å². The van der Waals surface area contributed by atoms with Gasteiger partial charge in [0.2, 0.25) is 5.91 Å². The third-order valence-electron chi connectivity index (χ3n) is 3.65. The number of carboxylic acids is 1. The molecule has 0 saturated heterocycles. The molecule has 0 bridgehead atoms. The molecule has 0 aliphatic rings. The number of carboxylic acid groups (broad SMARTS) is 1. The first-order valence-electron chi connectivity index (χ1n) is 6.66. The van der Waals surface area contributed by atoms with Crippen molar-refractivity contribution in [2.24, 2.45) is 5.41 Å². The van der Waals surface area contributed by atoms with Crippen molar-refractivity contribution in [2.75, 3.05) is 6.54 Å². The Bertz CT molecular complexity index is 469. The Morgan fingerprint density at radius 1 is 1.40 bits per heavy atom. The van der Waals surface area contributed by atoms with Crippen molar-refractivity contribution in [1.82, 2.24) is 5.32 Å². The van der Waals surface area contributed by atoms with E-state index in [1.165, 1.54) is 0 Å². The molecular weight excluding hydrogens is 342 g/mol. The molecule has 1 aromatic heterocycles. The molecule has 4 nitrogen and oxygen atoms in total. The molecule has 1 heterocycles. The highest BCUT2D eigenvalue weighted by Crippen LogP contribution is 2.26. The van der Waals surface area contributed by atoms with Crippen LogP contribution < -0.4 is 5.32 Å². The van der Waals surface area contributed by atoms with E-state index < -0.39 is 11.4 Å². The lowest BCUT2D eigenvalue weighted by atomic mass is 9.82. The molecule has 0 aliphatic carbocycles. The predicted octanol–water partition coefficient (Wildman–Crippen LogP) is 3.45. The second-order valence-corrected chi connectivity index (χ2v) is 6.71. The summed E-state index contributed by atoms with van der Waals surface area (Å²) >= 11 is 4.98. The topological polar surface area (TPSA) is 66.4 Å². The van der Waals surface area contributed by atoms with Crippen molar-refractivity contribution in [3.05, 3.63) is 20.8 Å². The number of hydrogen-bond acceptors (Lipinski definition) is 3. The normalized spacial score (nSPS) is 11.3. The summed E-state index contributed by atoms with van der Waals surface area (Å²) in [5, 5.41) is 14.0. The standard InChI is InChI=1S/C14H20BrNO3S/c1-3-14(4-2,13(18)19)9-16-12(17)6-5-11-7-10(15)8-20-11/h7-8H,3-6,9H2,1-2H3,(H,16,17)(H,18,19). The van der Waals surface area contributed by atoms with E-state index in [0.29, 0.717) is 25.7 Å². The van der Waals surface area contributed by atoms with Gasteiger partial charge in [-0.3, -0.25) is 9.59 Å². The number of rotatable bonds is 8. The minimum atomic E-state index is -0.846. The molecular formula is C14H20BrNO3S. The zero-order valence-corrected chi connectivity index (χ0v) is 14.1. The molecule has 0 fully saturated rings. The van der Waals surface area contributed by atoms with Crippen LogP contribution in [0.15, 0.2) is 15.9 Å². The van der Waals surface area contributed by atoms with Gasteiger partial charge in [0.25, 0.3) is 0 Å². The SMILES string of the molecule is CCC(CC)(CNC(=O)CCc1cc(Br)cs1)C(=O)O. The number of aliphatic carboxylic acids is 1. The zero-order chi connectivity index (χ0) is 15.2. The first-order valence-corrected chi connectivity index (χ1v) is 8.33. The van der Waals surface area contributed by atoms with Gasteiger partial charge in [0.1, 0.15) is 0 Å². The molecule has 1 amide bonds. The number of thiophene rings is 1. The van der Waals surface area contributed by atoms with Crippen LogP contribution in [0.3, 0.4) is 0 Å². The lowest BCUT2D eigenvalue weighted by Crippen LogP contribution is -2.42. The fourth-order valence-corrected chi connectivity index (χ4v) is 3.41. The maximum absolute atomic E-state index is 11.8. The van der Waals surface area contributed by atoms with Crippen molar-refractivity contribution in [1.29, 1.82) is 0 Å². The molecule has 1 aromatic rings. The lowest BCUT2D eigenvalue weighted by molar-refractivity contribution is -0.149. The minimum absolute atomic E-state index is 0.0953. The van der Waals surface area contributed by atoms with Gasteiger partial charge < -0.3 is 10.4 Å². The fraction of sp³-hybridized carbons (Fsp3) is 0.571. The first kappa shape index (κ1) is 17.2. The fourth-order valence-electron chi connectivity index (χ4n) is 1.96. The smallest absolute Gasteiger partial charge is 0.311 e. The number of aryl methyl sites for hydroxylation is 1. The molecule has 2 N–H and O–H groups in total. The molecule has 20 heavy (non-hydrogen) atoms. The molecule has 1 rings (SSSR count). The molecule has 0 aromatic carbocycles. The Morgan fingerprint density at radius 3 is 2.50 bits per heavy atom. The number of nitrogens with one attached hydrogen (secondary N) is 1. The Balaban J connectivity index is 2.44. The van der Waals surface area contributed by atoms with Crippen LogP contribution in [0.2, 0.25) is 0 Å². The van der Waals surface area contributed by atoms with Crippen LogP contribution in [0.4, 0.5) is 0 Å². The largest absolute Gasteiger partial charge is 0.481 e. The predicted molar refractivity (Wildman–Crippen MR) is 84.0 cm³/mol. The zero-order valence-electron chi connectivity index (χ0n) is 11.7. The molecule has 0 aliphatic heterocycles. The van der Waals surface area contributed by atoms with E-state index in [-0.39, 0.29) is 12.5 Å². The summed E-state index contributed by atoms with van der Waals surface area (Å²) < 4.78 is 1.03. The average molecular weight is 362 g/mol. The lowest BCUT2D eigenvalue weighted by Gasteiger charge is -2.26. The van der Waals surface area contributed by atoms with E-state index in [0.717, 1.165) is 9.35 Å². The quantitative estimate of drug-likeness (QED) is 0.744. The van der Waals surface area contributed by atoms with Gasteiger partial charge in [-0.2, -0.15) is 0 Å². The van der Waals surface area contributed by atoms with Crippen LogP contribution in [-0.2, 0) is 16.0 Å². The van der Waals surface area contributed by atoms with Crippen LogP contribution >= 0.6 is 27.3 Å². The van der Waals surface area contributed by atoms with Gasteiger partial charge in [-0.1, -0.05) is 13.8 Å². The molecule has 0 radical (unpaired) electrons. The Hall–Kier alpha value is -0.880. The van der Waals surface area contributed by atoms with Gasteiger partial charge in [-0.25, -0.2) is 0 Å². The van der Waals surface area contributed by atoms with Crippen LogP contribution in [0.1, 0.15) is 38.0 Å². The van der Waals surface area contributed by atoms with Crippen molar-refractivity contribution in [3.8, 4) is 0 Å². The van der Waals surface area contributed by atoms with E-state index >= 15 is 0 Å². The highest BCUT2D eigenvalue weighted by atomic mass is 79.9. The van der Waals surface area contributed by atoms with Crippen LogP contribution in [0, 0.1) is 5.41 Å². The van der Waals surface area contributed by atoms with Gasteiger partial charge in [-0.05, 0) is 41.3 Å². The van der Waals surface area contributed by atoms with Crippen LogP contribution in [0.25, 0.3) is 0 Å². The summed E-state index contributed by atoms with van der Waals surface area (Å²) in [5.41, 5.74) is -0.846.